The zero-order chi connectivity index (χ0) is 17.8. The second kappa shape index (κ2) is 7.23. The van der Waals surface area contributed by atoms with Gasteiger partial charge in [0.05, 0.1) is 0 Å². The minimum atomic E-state index is -1.11. The van der Waals surface area contributed by atoms with Crippen molar-refractivity contribution < 1.29 is 19.4 Å². The van der Waals surface area contributed by atoms with Gasteiger partial charge >= 0.3 is 5.97 Å². The largest absolute Gasteiger partial charge is 0.483 e. The first-order valence-electron chi connectivity index (χ1n) is 7.47. The van der Waals surface area contributed by atoms with Gasteiger partial charge in [0.15, 0.2) is 6.61 Å². The summed E-state index contributed by atoms with van der Waals surface area (Å²) in [5, 5.41) is 14.2. The molecule has 0 fully saturated rings. The number of hydrogen-bond donors (Lipinski definition) is 2. The van der Waals surface area contributed by atoms with Crippen molar-refractivity contribution in [2.45, 2.75) is 0 Å². The maximum absolute atomic E-state index is 12.0. The summed E-state index contributed by atoms with van der Waals surface area (Å²) >= 11 is 5.79. The van der Waals surface area contributed by atoms with Crippen LogP contribution in [0.4, 0.5) is 5.69 Å². The molecule has 0 aromatic heterocycles. The van der Waals surface area contributed by atoms with Crippen LogP contribution in [0, 0.1) is 0 Å². The third-order valence-corrected chi connectivity index (χ3v) is 3.82. The first-order valence-corrected chi connectivity index (χ1v) is 7.85. The molecule has 0 heterocycles. The predicted octanol–water partition coefficient (Wildman–Crippen LogP) is 4.21. The van der Waals surface area contributed by atoms with E-state index in [1.54, 1.807) is 30.3 Å². The third kappa shape index (κ3) is 4.08. The van der Waals surface area contributed by atoms with Crippen LogP contribution in [-0.2, 0) is 4.79 Å². The fourth-order valence-corrected chi connectivity index (χ4v) is 2.51. The lowest BCUT2D eigenvalue weighted by molar-refractivity contribution is -0.118. The van der Waals surface area contributed by atoms with E-state index < -0.39 is 11.9 Å². The second-order valence-electron chi connectivity index (χ2n) is 5.34. The Morgan fingerprint density at radius 3 is 2.28 bits per heavy atom. The molecule has 3 aromatic rings. The Labute approximate surface area is 148 Å². The highest BCUT2D eigenvalue weighted by Crippen LogP contribution is 2.26. The first-order chi connectivity index (χ1) is 12.0. The van der Waals surface area contributed by atoms with Crippen LogP contribution in [0.1, 0.15) is 10.4 Å². The van der Waals surface area contributed by atoms with Gasteiger partial charge in [-0.3, -0.25) is 4.79 Å². The molecule has 126 valence electrons. The number of carbonyl (C=O) groups excluding carboxylic acids is 1. The predicted molar refractivity (Wildman–Crippen MR) is 96.5 cm³/mol. The molecular weight excluding hydrogens is 342 g/mol. The summed E-state index contributed by atoms with van der Waals surface area (Å²) < 4.78 is 5.45. The molecular formula is C19H14ClNO4. The van der Waals surface area contributed by atoms with Gasteiger partial charge in [-0.25, -0.2) is 4.79 Å². The number of amides is 1. The highest BCUT2D eigenvalue weighted by molar-refractivity contribution is 6.30. The lowest BCUT2D eigenvalue weighted by Gasteiger charge is -2.11. The molecule has 0 radical (unpaired) electrons. The second-order valence-corrected chi connectivity index (χ2v) is 5.78. The van der Waals surface area contributed by atoms with Crippen molar-refractivity contribution in [3.05, 3.63) is 71.2 Å². The third-order valence-electron chi connectivity index (χ3n) is 3.57. The van der Waals surface area contributed by atoms with E-state index in [1.165, 1.54) is 6.07 Å². The zero-order valence-corrected chi connectivity index (χ0v) is 13.8. The van der Waals surface area contributed by atoms with E-state index >= 15 is 0 Å². The molecule has 6 heteroatoms. The van der Waals surface area contributed by atoms with E-state index in [-0.39, 0.29) is 17.9 Å². The number of carboxylic acid groups (broad SMARTS) is 1. The molecule has 0 unspecified atom stereocenters. The summed E-state index contributed by atoms with van der Waals surface area (Å²) in [5.41, 5.74) is 0.591. The van der Waals surface area contributed by atoms with Gasteiger partial charge in [0.25, 0.3) is 5.91 Å². The Morgan fingerprint density at radius 1 is 1.00 bits per heavy atom. The van der Waals surface area contributed by atoms with Crippen molar-refractivity contribution in [1.82, 2.24) is 0 Å². The molecule has 0 aliphatic carbocycles. The maximum atomic E-state index is 12.0. The lowest BCUT2D eigenvalue weighted by Crippen LogP contribution is -2.20. The molecule has 0 aliphatic heterocycles. The van der Waals surface area contributed by atoms with Crippen LogP contribution in [-0.4, -0.2) is 23.6 Å². The number of aromatic carboxylic acids is 1. The molecule has 0 saturated heterocycles. The average molecular weight is 356 g/mol. The number of rotatable bonds is 5. The van der Waals surface area contributed by atoms with Gasteiger partial charge in [0, 0.05) is 10.7 Å². The summed E-state index contributed by atoms with van der Waals surface area (Å²) in [6.45, 7) is -0.304. The van der Waals surface area contributed by atoms with Crippen LogP contribution in [0.5, 0.6) is 5.75 Å². The monoisotopic (exact) mass is 355 g/mol. The van der Waals surface area contributed by atoms with Gasteiger partial charge in [0.2, 0.25) is 0 Å². The van der Waals surface area contributed by atoms with Crippen LogP contribution >= 0.6 is 11.6 Å². The number of ether oxygens (including phenoxy) is 1. The topological polar surface area (TPSA) is 75.6 Å². The minimum Gasteiger partial charge on any atom is -0.483 e. The van der Waals surface area contributed by atoms with Gasteiger partial charge in [-0.1, -0.05) is 35.9 Å². The van der Waals surface area contributed by atoms with Gasteiger partial charge in [-0.15, -0.1) is 0 Å². The van der Waals surface area contributed by atoms with E-state index in [0.717, 1.165) is 10.8 Å². The number of hydrogen-bond acceptors (Lipinski definition) is 3. The summed E-state index contributed by atoms with van der Waals surface area (Å²) in [5.74, 6) is -1.36. The van der Waals surface area contributed by atoms with Crippen molar-refractivity contribution in [1.29, 1.82) is 0 Å². The first kappa shape index (κ1) is 16.8. The normalized spacial score (nSPS) is 10.4. The van der Waals surface area contributed by atoms with Crippen molar-refractivity contribution in [3.63, 3.8) is 0 Å². The molecule has 1 amide bonds. The number of anilines is 1. The minimum absolute atomic E-state index is 0.0120. The fraction of sp³-hybridized carbons (Fsp3) is 0.0526. The van der Waals surface area contributed by atoms with E-state index in [9.17, 15) is 14.7 Å². The Hall–Kier alpha value is -3.05. The maximum Gasteiger partial charge on any atom is 0.339 e. The Balaban J connectivity index is 1.75. The number of carbonyl (C=O) groups is 2. The molecule has 0 aliphatic rings. The molecule has 25 heavy (non-hydrogen) atoms. The van der Waals surface area contributed by atoms with Gasteiger partial charge < -0.3 is 15.2 Å². The van der Waals surface area contributed by atoms with Crippen LogP contribution in [0.25, 0.3) is 10.8 Å². The average Bonchev–Trinajstić information content (AvgIpc) is 2.61. The standard InChI is InChI=1S/C19H14ClNO4/c20-14-5-7-15(8-6-14)21-18(22)11-25-17-10-13-4-2-1-3-12(13)9-16(17)19(23)24/h1-10H,11H2,(H,21,22)(H,23,24). The van der Waals surface area contributed by atoms with Gasteiger partial charge in [-0.05, 0) is 47.2 Å². The summed E-state index contributed by atoms with van der Waals surface area (Å²) in [6, 6.07) is 17.1. The Morgan fingerprint density at radius 2 is 1.64 bits per heavy atom. The van der Waals surface area contributed by atoms with E-state index in [1.807, 2.05) is 24.3 Å². The highest BCUT2D eigenvalue weighted by atomic mass is 35.5. The van der Waals surface area contributed by atoms with Crippen molar-refractivity contribution in [3.8, 4) is 5.75 Å². The molecule has 3 rings (SSSR count). The van der Waals surface area contributed by atoms with Gasteiger partial charge in [0.1, 0.15) is 11.3 Å². The molecule has 2 N–H and O–H groups in total. The van der Waals surface area contributed by atoms with E-state index in [2.05, 4.69) is 5.32 Å². The number of halogens is 1. The molecule has 0 spiro atoms. The van der Waals surface area contributed by atoms with Crippen LogP contribution in [0.15, 0.2) is 60.7 Å². The van der Waals surface area contributed by atoms with Crippen LogP contribution in [0.2, 0.25) is 5.02 Å². The smallest absolute Gasteiger partial charge is 0.339 e. The summed E-state index contributed by atoms with van der Waals surface area (Å²) in [6.07, 6.45) is 0. The number of nitrogens with one attached hydrogen (secondary N) is 1. The lowest BCUT2D eigenvalue weighted by atomic mass is 10.1. The van der Waals surface area contributed by atoms with Crippen LogP contribution < -0.4 is 10.1 Å². The molecule has 5 nitrogen and oxygen atoms in total. The summed E-state index contributed by atoms with van der Waals surface area (Å²) in [4.78, 5) is 23.4. The quantitative estimate of drug-likeness (QED) is 0.718. The fourth-order valence-electron chi connectivity index (χ4n) is 2.38. The van der Waals surface area contributed by atoms with Crippen molar-refractivity contribution in [2.24, 2.45) is 0 Å². The van der Waals surface area contributed by atoms with E-state index in [4.69, 9.17) is 16.3 Å². The van der Waals surface area contributed by atoms with Crippen molar-refractivity contribution >= 4 is 39.9 Å². The Bertz CT molecular complexity index is 938. The van der Waals surface area contributed by atoms with Crippen LogP contribution in [0.3, 0.4) is 0 Å². The van der Waals surface area contributed by atoms with Gasteiger partial charge in [-0.2, -0.15) is 0 Å². The SMILES string of the molecule is O=C(COc1cc2ccccc2cc1C(=O)O)Nc1ccc(Cl)cc1. The zero-order valence-electron chi connectivity index (χ0n) is 13.0. The molecule has 3 aromatic carbocycles. The van der Waals surface area contributed by atoms with E-state index in [0.29, 0.717) is 10.7 Å². The summed E-state index contributed by atoms with van der Waals surface area (Å²) in [7, 11) is 0. The molecule has 0 atom stereocenters. The number of fused-ring (bicyclic) bond motifs is 1. The molecule has 0 saturated carbocycles. The number of benzene rings is 3. The molecule has 0 bridgehead atoms. The Kier molecular flexibility index (Phi) is 4.86. The van der Waals surface area contributed by atoms with Crippen molar-refractivity contribution in [2.75, 3.05) is 11.9 Å². The highest BCUT2D eigenvalue weighted by Gasteiger charge is 2.14. The number of carboxylic acids is 1.